The first-order valence-corrected chi connectivity index (χ1v) is 5.69. The molecule has 1 atom stereocenters. The van der Waals surface area contributed by atoms with Gasteiger partial charge in [-0.05, 0) is 18.1 Å². The van der Waals surface area contributed by atoms with Crippen molar-refractivity contribution in [1.82, 2.24) is 10.3 Å². The fourth-order valence-corrected chi connectivity index (χ4v) is 1.50. The Labute approximate surface area is 118 Å². The lowest BCUT2D eigenvalue weighted by Crippen LogP contribution is -2.48. The van der Waals surface area contributed by atoms with Gasteiger partial charge in [-0.2, -0.15) is 0 Å². The number of carbonyl (C=O) groups excluding carboxylic acids is 2. The Bertz CT molecular complexity index is 434. The number of carbonyl (C=O) groups is 2. The lowest BCUT2D eigenvalue weighted by atomic mass is 10.0. The van der Waals surface area contributed by atoms with Gasteiger partial charge in [0.05, 0.1) is 18.3 Å². The van der Waals surface area contributed by atoms with Crippen LogP contribution in [0.3, 0.4) is 0 Å². The highest BCUT2D eigenvalue weighted by atomic mass is 35.5. The van der Waals surface area contributed by atoms with Crippen LogP contribution in [0.15, 0.2) is 18.3 Å². The molecule has 5 N–H and O–H groups in total. The van der Waals surface area contributed by atoms with E-state index in [2.05, 4.69) is 10.3 Å². The van der Waals surface area contributed by atoms with E-state index in [4.69, 9.17) is 11.5 Å². The second-order valence-corrected chi connectivity index (χ2v) is 4.45. The molecule has 19 heavy (non-hydrogen) atoms. The molecular weight excluding hydrogens is 268 g/mol. The Hall–Kier alpha value is -1.82. The lowest BCUT2D eigenvalue weighted by molar-refractivity contribution is -0.128. The second kappa shape index (κ2) is 7.58. The molecule has 1 aromatic rings. The van der Waals surface area contributed by atoms with Crippen LogP contribution in [0.2, 0.25) is 0 Å². The van der Waals surface area contributed by atoms with Gasteiger partial charge in [0.25, 0.3) is 0 Å². The molecule has 7 heteroatoms. The first-order chi connectivity index (χ1) is 8.40. The van der Waals surface area contributed by atoms with Gasteiger partial charge in [-0.25, -0.2) is 0 Å². The van der Waals surface area contributed by atoms with Gasteiger partial charge in [0.2, 0.25) is 11.8 Å². The molecule has 0 saturated carbocycles. The summed E-state index contributed by atoms with van der Waals surface area (Å²) in [4.78, 5) is 26.9. The van der Waals surface area contributed by atoms with Gasteiger partial charge >= 0.3 is 0 Å². The number of hydrogen-bond acceptors (Lipinski definition) is 4. The lowest BCUT2D eigenvalue weighted by Gasteiger charge is -2.18. The smallest absolute Gasteiger partial charge is 0.240 e. The number of nitrogens with two attached hydrogens (primary N) is 2. The van der Waals surface area contributed by atoms with Crippen LogP contribution in [-0.4, -0.2) is 22.8 Å². The molecule has 1 rings (SSSR count). The Morgan fingerprint density at radius 2 is 2.00 bits per heavy atom. The Morgan fingerprint density at radius 1 is 1.37 bits per heavy atom. The predicted molar refractivity (Wildman–Crippen MR) is 75.6 cm³/mol. The van der Waals surface area contributed by atoms with Crippen molar-refractivity contribution in [3.8, 4) is 0 Å². The van der Waals surface area contributed by atoms with Gasteiger partial charge in [0, 0.05) is 5.69 Å². The Balaban J connectivity index is 0.00000324. The molecule has 6 nitrogen and oxygen atoms in total. The van der Waals surface area contributed by atoms with Crippen molar-refractivity contribution in [3.63, 3.8) is 0 Å². The minimum atomic E-state index is -0.661. The zero-order valence-corrected chi connectivity index (χ0v) is 11.7. The van der Waals surface area contributed by atoms with Crippen molar-refractivity contribution in [2.45, 2.75) is 26.3 Å². The van der Waals surface area contributed by atoms with Crippen LogP contribution in [0.5, 0.6) is 0 Å². The van der Waals surface area contributed by atoms with E-state index in [0.29, 0.717) is 11.4 Å². The first kappa shape index (κ1) is 17.2. The van der Waals surface area contributed by atoms with Crippen molar-refractivity contribution < 1.29 is 9.59 Å². The van der Waals surface area contributed by atoms with Crippen LogP contribution in [0, 0.1) is 5.92 Å². The topological polar surface area (TPSA) is 111 Å². The van der Waals surface area contributed by atoms with Gasteiger partial charge in [-0.15, -0.1) is 12.4 Å². The van der Waals surface area contributed by atoms with E-state index in [1.54, 1.807) is 12.1 Å². The number of nitrogens with zero attached hydrogens (tertiary/aromatic N) is 1. The summed E-state index contributed by atoms with van der Waals surface area (Å²) in [5, 5.41) is 2.59. The summed E-state index contributed by atoms with van der Waals surface area (Å²) in [7, 11) is 0. The summed E-state index contributed by atoms with van der Waals surface area (Å²) in [6.45, 7) is 3.63. The number of hydrogen-bond donors (Lipinski definition) is 3. The average molecular weight is 287 g/mol. The highest BCUT2D eigenvalue weighted by Crippen LogP contribution is 2.04. The molecule has 0 aliphatic heterocycles. The fraction of sp³-hybridized carbons (Fsp3) is 0.417. The van der Waals surface area contributed by atoms with Crippen LogP contribution in [0.25, 0.3) is 0 Å². The Kier molecular flexibility index (Phi) is 6.85. The largest absolute Gasteiger partial charge is 0.397 e. The predicted octanol–water partition coefficient (Wildman–Crippen LogP) is 0.254. The van der Waals surface area contributed by atoms with Crippen molar-refractivity contribution in [2.24, 2.45) is 11.7 Å². The first-order valence-electron chi connectivity index (χ1n) is 5.69. The molecule has 1 unspecified atom stereocenters. The maximum Gasteiger partial charge on any atom is 0.240 e. The van der Waals surface area contributed by atoms with Gasteiger partial charge in [-0.1, -0.05) is 13.8 Å². The molecule has 2 amide bonds. The number of anilines is 1. The average Bonchev–Trinajstić information content (AvgIpc) is 2.28. The molecule has 1 aromatic heterocycles. The van der Waals surface area contributed by atoms with Crippen LogP contribution in [-0.2, 0) is 16.0 Å². The molecule has 0 radical (unpaired) electrons. The minimum absolute atomic E-state index is 0. The van der Waals surface area contributed by atoms with Crippen LogP contribution in [0.4, 0.5) is 5.69 Å². The summed E-state index contributed by atoms with van der Waals surface area (Å²) in [6.07, 6.45) is 1.58. The third-order valence-electron chi connectivity index (χ3n) is 2.48. The SMILES string of the molecule is CC(C)C(NC(=O)Cc1ccc(N)cn1)C(N)=O.Cl. The van der Waals surface area contributed by atoms with Crippen LogP contribution >= 0.6 is 12.4 Å². The highest BCUT2D eigenvalue weighted by molar-refractivity contribution is 5.87. The number of pyridine rings is 1. The van der Waals surface area contributed by atoms with E-state index >= 15 is 0 Å². The van der Waals surface area contributed by atoms with Crippen molar-refractivity contribution in [3.05, 3.63) is 24.0 Å². The van der Waals surface area contributed by atoms with Crippen molar-refractivity contribution >= 4 is 29.9 Å². The maximum atomic E-state index is 11.7. The van der Waals surface area contributed by atoms with E-state index in [1.807, 2.05) is 13.8 Å². The normalized spacial score (nSPS) is 11.5. The zero-order chi connectivity index (χ0) is 13.7. The van der Waals surface area contributed by atoms with E-state index in [1.165, 1.54) is 6.20 Å². The van der Waals surface area contributed by atoms with E-state index in [-0.39, 0.29) is 30.7 Å². The molecule has 1 heterocycles. The maximum absolute atomic E-state index is 11.7. The number of aromatic nitrogens is 1. The molecule has 0 aliphatic carbocycles. The number of nitrogens with one attached hydrogen (secondary N) is 1. The van der Waals surface area contributed by atoms with Gasteiger partial charge in [0.15, 0.2) is 0 Å². The number of nitrogen functional groups attached to an aromatic ring is 1. The quantitative estimate of drug-likeness (QED) is 0.720. The highest BCUT2D eigenvalue weighted by Gasteiger charge is 2.21. The third kappa shape index (κ3) is 5.56. The van der Waals surface area contributed by atoms with E-state index in [9.17, 15) is 9.59 Å². The summed E-state index contributed by atoms with van der Waals surface area (Å²) in [5.41, 5.74) is 11.8. The number of amides is 2. The van der Waals surface area contributed by atoms with E-state index < -0.39 is 11.9 Å². The summed E-state index contributed by atoms with van der Waals surface area (Å²) >= 11 is 0. The van der Waals surface area contributed by atoms with Crippen molar-refractivity contribution in [1.29, 1.82) is 0 Å². The number of halogens is 1. The third-order valence-corrected chi connectivity index (χ3v) is 2.48. The second-order valence-electron chi connectivity index (χ2n) is 4.45. The Morgan fingerprint density at radius 3 is 2.42 bits per heavy atom. The van der Waals surface area contributed by atoms with Crippen LogP contribution < -0.4 is 16.8 Å². The fourth-order valence-electron chi connectivity index (χ4n) is 1.50. The molecule has 0 aliphatic rings. The molecule has 106 valence electrons. The van der Waals surface area contributed by atoms with Crippen LogP contribution in [0.1, 0.15) is 19.5 Å². The molecular formula is C12H19ClN4O2. The number of primary amides is 1. The standard InChI is InChI=1S/C12H18N4O2.ClH/c1-7(2)11(12(14)18)16-10(17)5-9-4-3-8(13)6-15-9;/h3-4,6-7,11H,5,13H2,1-2H3,(H2,14,18)(H,16,17);1H. The molecule has 0 saturated heterocycles. The molecule has 0 bridgehead atoms. The monoisotopic (exact) mass is 286 g/mol. The van der Waals surface area contributed by atoms with Gasteiger partial charge < -0.3 is 16.8 Å². The van der Waals surface area contributed by atoms with Gasteiger partial charge in [0.1, 0.15) is 6.04 Å². The minimum Gasteiger partial charge on any atom is -0.397 e. The summed E-state index contributed by atoms with van der Waals surface area (Å²) < 4.78 is 0. The number of rotatable bonds is 5. The zero-order valence-electron chi connectivity index (χ0n) is 10.9. The summed E-state index contributed by atoms with van der Waals surface area (Å²) in [6, 6.07) is 2.68. The van der Waals surface area contributed by atoms with E-state index in [0.717, 1.165) is 0 Å². The van der Waals surface area contributed by atoms with Gasteiger partial charge in [-0.3, -0.25) is 14.6 Å². The summed E-state index contributed by atoms with van der Waals surface area (Å²) in [5.74, 6) is -0.876. The van der Waals surface area contributed by atoms with Crippen molar-refractivity contribution in [2.75, 3.05) is 5.73 Å². The molecule has 0 spiro atoms. The molecule has 0 aromatic carbocycles. The molecule has 0 fully saturated rings.